The summed E-state index contributed by atoms with van der Waals surface area (Å²) in [6, 6.07) is 0.415. The van der Waals surface area contributed by atoms with E-state index in [0.717, 1.165) is 57.9 Å². The fourth-order valence-electron chi connectivity index (χ4n) is 3.72. The Balaban J connectivity index is 2.17. The number of nitrogens with zero attached hydrogens (tertiary/aromatic N) is 1. The first-order valence-electron chi connectivity index (χ1n) is 7.73. The van der Waals surface area contributed by atoms with E-state index in [0.29, 0.717) is 11.0 Å². The third-order valence-electron chi connectivity index (χ3n) is 4.85. The topological polar surface area (TPSA) is 46.3 Å². The predicted octanol–water partition coefficient (Wildman–Crippen LogP) is 3.01. The molecule has 1 heterocycles. The van der Waals surface area contributed by atoms with Crippen LogP contribution in [0.3, 0.4) is 0 Å². The van der Waals surface area contributed by atoms with Crippen molar-refractivity contribution in [3.63, 3.8) is 0 Å². The van der Waals surface area contributed by atoms with Crippen molar-refractivity contribution in [2.24, 2.45) is 11.1 Å². The minimum Gasteiger partial charge on any atom is -0.392 e. The Bertz CT molecular complexity index is 348. The van der Waals surface area contributed by atoms with Gasteiger partial charge in [-0.3, -0.25) is 4.79 Å². The van der Waals surface area contributed by atoms with E-state index >= 15 is 0 Å². The quantitative estimate of drug-likeness (QED) is 0.806. The first-order valence-corrected chi connectivity index (χ1v) is 8.13. The summed E-state index contributed by atoms with van der Waals surface area (Å²) in [5.41, 5.74) is 5.43. The van der Waals surface area contributed by atoms with E-state index in [1.165, 1.54) is 6.42 Å². The van der Waals surface area contributed by atoms with Gasteiger partial charge in [-0.2, -0.15) is 0 Å². The van der Waals surface area contributed by atoms with Crippen LogP contribution in [0.15, 0.2) is 0 Å². The number of nitrogens with two attached hydrogens (primary N) is 1. The molecule has 2 N–H and O–H groups in total. The van der Waals surface area contributed by atoms with Crippen LogP contribution < -0.4 is 5.73 Å². The van der Waals surface area contributed by atoms with Gasteiger partial charge in [-0.25, -0.2) is 0 Å². The molecule has 1 saturated carbocycles. The van der Waals surface area contributed by atoms with E-state index < -0.39 is 5.41 Å². The van der Waals surface area contributed by atoms with Crippen molar-refractivity contribution in [3.8, 4) is 0 Å². The van der Waals surface area contributed by atoms with Gasteiger partial charge in [0.05, 0.1) is 10.4 Å². The fraction of sp³-hybridized carbons (Fsp3) is 0.867. The lowest BCUT2D eigenvalue weighted by Crippen LogP contribution is -2.54. The summed E-state index contributed by atoms with van der Waals surface area (Å²) in [6.45, 7) is 3.09. The number of likely N-dealkylation sites (tertiary alicyclic amines) is 1. The van der Waals surface area contributed by atoms with Crippen molar-refractivity contribution in [2.75, 3.05) is 6.54 Å². The number of amides is 1. The first-order chi connectivity index (χ1) is 9.12. The molecule has 0 bridgehead atoms. The molecule has 1 atom stereocenters. The zero-order valence-corrected chi connectivity index (χ0v) is 12.8. The third-order valence-corrected chi connectivity index (χ3v) is 5.24. The van der Waals surface area contributed by atoms with Crippen molar-refractivity contribution < 1.29 is 4.79 Å². The van der Waals surface area contributed by atoms with Crippen LogP contribution in [-0.2, 0) is 4.79 Å². The van der Waals surface area contributed by atoms with Crippen molar-refractivity contribution in [1.82, 2.24) is 4.90 Å². The summed E-state index contributed by atoms with van der Waals surface area (Å²) in [7, 11) is 0. The van der Waals surface area contributed by atoms with E-state index in [4.69, 9.17) is 18.0 Å². The highest BCUT2D eigenvalue weighted by Crippen LogP contribution is 2.41. The summed E-state index contributed by atoms with van der Waals surface area (Å²) in [6.07, 6.45) is 9.63. The second kappa shape index (κ2) is 6.21. The van der Waals surface area contributed by atoms with Gasteiger partial charge in [0.1, 0.15) is 0 Å². The molecule has 1 unspecified atom stereocenters. The lowest BCUT2D eigenvalue weighted by Gasteiger charge is -2.41. The second-order valence-corrected chi connectivity index (χ2v) is 6.53. The Hall–Kier alpha value is -0.640. The van der Waals surface area contributed by atoms with E-state index in [1.54, 1.807) is 0 Å². The SMILES string of the molecule is CCCC1CCCCN1C(=O)C1(C(N)=S)CCCC1. The van der Waals surface area contributed by atoms with E-state index in [-0.39, 0.29) is 5.91 Å². The molecule has 2 fully saturated rings. The number of thiocarbonyl (C=S) groups is 1. The van der Waals surface area contributed by atoms with Gasteiger partial charge in [0.25, 0.3) is 0 Å². The van der Waals surface area contributed by atoms with Crippen molar-refractivity contribution in [1.29, 1.82) is 0 Å². The van der Waals surface area contributed by atoms with Crippen LogP contribution in [0.2, 0.25) is 0 Å². The Morgan fingerprint density at radius 2 is 2.00 bits per heavy atom. The molecule has 1 saturated heterocycles. The van der Waals surface area contributed by atoms with E-state index in [1.807, 2.05) is 0 Å². The van der Waals surface area contributed by atoms with E-state index in [2.05, 4.69) is 11.8 Å². The van der Waals surface area contributed by atoms with Crippen LogP contribution in [-0.4, -0.2) is 28.4 Å². The number of carbonyl (C=O) groups is 1. The maximum atomic E-state index is 13.0. The molecule has 2 aliphatic rings. The molecule has 0 aromatic carbocycles. The summed E-state index contributed by atoms with van der Waals surface area (Å²) in [5, 5.41) is 0. The maximum Gasteiger partial charge on any atom is 0.235 e. The Kier molecular flexibility index (Phi) is 4.82. The minimum absolute atomic E-state index is 0.232. The number of hydrogen-bond donors (Lipinski definition) is 1. The summed E-state index contributed by atoms with van der Waals surface area (Å²) in [4.78, 5) is 15.5. The Morgan fingerprint density at radius 3 is 2.58 bits per heavy atom. The van der Waals surface area contributed by atoms with Crippen molar-refractivity contribution >= 4 is 23.1 Å². The van der Waals surface area contributed by atoms with Gasteiger partial charge in [-0.05, 0) is 38.5 Å². The molecule has 3 nitrogen and oxygen atoms in total. The molecule has 0 radical (unpaired) electrons. The molecule has 4 heteroatoms. The Morgan fingerprint density at radius 1 is 1.32 bits per heavy atom. The van der Waals surface area contributed by atoms with Crippen molar-refractivity contribution in [3.05, 3.63) is 0 Å². The summed E-state index contributed by atoms with van der Waals surface area (Å²) >= 11 is 5.25. The van der Waals surface area contributed by atoms with Crippen LogP contribution in [0, 0.1) is 5.41 Å². The van der Waals surface area contributed by atoms with Gasteiger partial charge < -0.3 is 10.6 Å². The van der Waals surface area contributed by atoms with Gasteiger partial charge in [-0.15, -0.1) is 0 Å². The molecule has 0 aromatic heterocycles. The molecule has 1 amide bonds. The number of hydrogen-bond acceptors (Lipinski definition) is 2. The molecule has 2 rings (SSSR count). The normalized spacial score (nSPS) is 26.4. The van der Waals surface area contributed by atoms with Crippen LogP contribution in [0.4, 0.5) is 0 Å². The number of carbonyl (C=O) groups excluding carboxylic acids is 1. The standard InChI is InChI=1S/C15H26N2OS/c1-2-7-12-8-3-6-11-17(12)14(18)15(13(16)19)9-4-5-10-15/h12H,2-11H2,1H3,(H2,16,19). The fourth-order valence-corrected chi connectivity index (χ4v) is 4.01. The zero-order valence-electron chi connectivity index (χ0n) is 12.0. The van der Waals surface area contributed by atoms with Crippen LogP contribution >= 0.6 is 12.2 Å². The molecule has 0 spiro atoms. The highest BCUT2D eigenvalue weighted by Gasteiger charge is 2.47. The minimum atomic E-state index is -0.515. The number of piperidine rings is 1. The zero-order chi connectivity index (χ0) is 13.9. The van der Waals surface area contributed by atoms with Gasteiger partial charge >= 0.3 is 0 Å². The monoisotopic (exact) mass is 282 g/mol. The average molecular weight is 282 g/mol. The highest BCUT2D eigenvalue weighted by molar-refractivity contribution is 7.80. The van der Waals surface area contributed by atoms with Gasteiger partial charge in [0.15, 0.2) is 0 Å². The van der Waals surface area contributed by atoms with Crippen LogP contribution in [0.5, 0.6) is 0 Å². The summed E-state index contributed by atoms with van der Waals surface area (Å²) < 4.78 is 0. The smallest absolute Gasteiger partial charge is 0.235 e. The predicted molar refractivity (Wildman–Crippen MR) is 81.9 cm³/mol. The second-order valence-electron chi connectivity index (χ2n) is 6.09. The third kappa shape index (κ3) is 2.78. The largest absolute Gasteiger partial charge is 0.392 e. The van der Waals surface area contributed by atoms with Gasteiger partial charge in [0, 0.05) is 12.6 Å². The lowest BCUT2D eigenvalue weighted by molar-refractivity contribution is -0.142. The van der Waals surface area contributed by atoms with E-state index in [9.17, 15) is 4.79 Å². The highest BCUT2D eigenvalue weighted by atomic mass is 32.1. The van der Waals surface area contributed by atoms with Crippen LogP contribution in [0.25, 0.3) is 0 Å². The van der Waals surface area contributed by atoms with Gasteiger partial charge in [0.2, 0.25) is 5.91 Å². The van der Waals surface area contributed by atoms with Gasteiger partial charge in [-0.1, -0.05) is 38.4 Å². The lowest BCUT2D eigenvalue weighted by atomic mass is 9.82. The molecule has 19 heavy (non-hydrogen) atoms. The molecular formula is C15H26N2OS. The molecule has 0 aromatic rings. The maximum absolute atomic E-state index is 13.0. The van der Waals surface area contributed by atoms with Crippen LogP contribution in [0.1, 0.15) is 64.7 Å². The molecular weight excluding hydrogens is 256 g/mol. The molecule has 108 valence electrons. The Labute approximate surface area is 121 Å². The first kappa shape index (κ1) is 14.8. The van der Waals surface area contributed by atoms with Crippen molar-refractivity contribution in [2.45, 2.75) is 70.8 Å². The summed E-state index contributed by atoms with van der Waals surface area (Å²) in [5.74, 6) is 0.232. The molecule has 1 aliphatic carbocycles. The average Bonchev–Trinajstić information content (AvgIpc) is 2.89. The molecule has 1 aliphatic heterocycles. The number of rotatable bonds is 4.